The molecule has 0 amide bonds. The van der Waals surface area contributed by atoms with Crippen LogP contribution >= 0.6 is 0 Å². The van der Waals surface area contributed by atoms with Gasteiger partial charge in [-0.2, -0.15) is 0 Å². The second-order valence-corrected chi connectivity index (χ2v) is 5.05. The van der Waals surface area contributed by atoms with E-state index >= 15 is 0 Å². The highest BCUT2D eigenvalue weighted by molar-refractivity contribution is 5.69. The van der Waals surface area contributed by atoms with Gasteiger partial charge in [-0.3, -0.25) is 0 Å². The zero-order valence-electron chi connectivity index (χ0n) is 11.1. The van der Waals surface area contributed by atoms with E-state index in [-0.39, 0.29) is 0 Å². The van der Waals surface area contributed by atoms with Crippen LogP contribution in [0, 0.1) is 13.8 Å². The lowest BCUT2D eigenvalue weighted by molar-refractivity contribution is 0.855. The molecule has 0 nitrogen and oxygen atoms in total. The maximum absolute atomic E-state index is 2.31. The minimum Gasteiger partial charge on any atom is -0.0622 e. The monoisotopic (exact) mass is 224 g/mol. The molecule has 0 heterocycles. The molecule has 0 saturated carbocycles. The summed E-state index contributed by atoms with van der Waals surface area (Å²) in [6, 6.07) is 15.2. The maximum atomic E-state index is 2.31. The molecule has 0 aliphatic heterocycles. The van der Waals surface area contributed by atoms with E-state index in [1.165, 1.54) is 27.8 Å². The zero-order chi connectivity index (χ0) is 12.4. The summed E-state index contributed by atoms with van der Waals surface area (Å²) in [5.74, 6) is 0.581. The largest absolute Gasteiger partial charge is 0.0622 e. The number of benzene rings is 2. The molecule has 0 atom stereocenters. The van der Waals surface area contributed by atoms with Crippen molar-refractivity contribution in [2.45, 2.75) is 33.6 Å². The van der Waals surface area contributed by atoms with E-state index < -0.39 is 0 Å². The predicted octanol–water partition coefficient (Wildman–Crippen LogP) is 5.09. The van der Waals surface area contributed by atoms with Gasteiger partial charge in [-0.1, -0.05) is 61.9 Å². The second kappa shape index (κ2) is 4.75. The summed E-state index contributed by atoms with van der Waals surface area (Å²) in [6.45, 7) is 8.93. The Kier molecular flexibility index (Phi) is 3.33. The SMILES string of the molecule is Cc1cc(-c2ccccc2)c(C)c(C(C)C)c1. The molecule has 0 saturated heterocycles. The Labute approximate surface area is 104 Å². The molecule has 0 spiro atoms. The molecule has 2 aromatic carbocycles. The number of hydrogen-bond acceptors (Lipinski definition) is 0. The molecule has 0 aromatic heterocycles. The molecule has 2 rings (SSSR count). The molecule has 0 bridgehead atoms. The lowest BCUT2D eigenvalue weighted by Gasteiger charge is -2.16. The van der Waals surface area contributed by atoms with Gasteiger partial charge in [-0.05, 0) is 42.0 Å². The van der Waals surface area contributed by atoms with Crippen molar-refractivity contribution in [3.63, 3.8) is 0 Å². The van der Waals surface area contributed by atoms with Crippen LogP contribution in [0.1, 0.15) is 36.5 Å². The average molecular weight is 224 g/mol. The fourth-order valence-corrected chi connectivity index (χ4v) is 2.40. The highest BCUT2D eigenvalue weighted by Crippen LogP contribution is 2.30. The quantitative estimate of drug-likeness (QED) is 0.666. The third kappa shape index (κ3) is 2.41. The Balaban J connectivity index is 2.63. The zero-order valence-corrected chi connectivity index (χ0v) is 11.1. The van der Waals surface area contributed by atoms with Crippen molar-refractivity contribution in [2.24, 2.45) is 0 Å². The van der Waals surface area contributed by atoms with E-state index in [1.54, 1.807) is 0 Å². The molecule has 0 heteroatoms. The van der Waals surface area contributed by atoms with Gasteiger partial charge in [0.2, 0.25) is 0 Å². The van der Waals surface area contributed by atoms with Gasteiger partial charge in [0.25, 0.3) is 0 Å². The van der Waals surface area contributed by atoms with Crippen LogP contribution in [0.25, 0.3) is 11.1 Å². The van der Waals surface area contributed by atoms with Gasteiger partial charge in [0.15, 0.2) is 0 Å². The molecule has 0 unspecified atom stereocenters. The van der Waals surface area contributed by atoms with Crippen LogP contribution < -0.4 is 0 Å². The molecular formula is C17H20. The summed E-state index contributed by atoms with van der Waals surface area (Å²) in [5.41, 5.74) is 6.91. The summed E-state index contributed by atoms with van der Waals surface area (Å²) in [7, 11) is 0. The molecule has 88 valence electrons. The minimum absolute atomic E-state index is 0.581. The first-order valence-corrected chi connectivity index (χ1v) is 6.26. The van der Waals surface area contributed by atoms with Gasteiger partial charge in [-0.25, -0.2) is 0 Å². The molecule has 0 N–H and O–H groups in total. The van der Waals surface area contributed by atoms with E-state index in [9.17, 15) is 0 Å². The molecular weight excluding hydrogens is 204 g/mol. The molecule has 0 fully saturated rings. The van der Waals surface area contributed by atoms with Crippen LogP contribution in [0.4, 0.5) is 0 Å². The maximum Gasteiger partial charge on any atom is -0.0149 e. The van der Waals surface area contributed by atoms with Gasteiger partial charge in [0.05, 0.1) is 0 Å². The predicted molar refractivity (Wildman–Crippen MR) is 75.4 cm³/mol. The Morgan fingerprint density at radius 2 is 1.53 bits per heavy atom. The van der Waals surface area contributed by atoms with Gasteiger partial charge in [0, 0.05) is 0 Å². The minimum atomic E-state index is 0.581. The van der Waals surface area contributed by atoms with Crippen LogP contribution in [-0.2, 0) is 0 Å². The van der Waals surface area contributed by atoms with Crippen molar-refractivity contribution in [3.05, 3.63) is 59.2 Å². The highest BCUT2D eigenvalue weighted by atomic mass is 14.1. The third-order valence-electron chi connectivity index (χ3n) is 3.30. The van der Waals surface area contributed by atoms with Crippen LogP contribution in [0.15, 0.2) is 42.5 Å². The fourth-order valence-electron chi connectivity index (χ4n) is 2.40. The van der Waals surface area contributed by atoms with Gasteiger partial charge in [-0.15, -0.1) is 0 Å². The summed E-state index contributed by atoms with van der Waals surface area (Å²) >= 11 is 0. The van der Waals surface area contributed by atoms with E-state index in [4.69, 9.17) is 0 Å². The van der Waals surface area contributed by atoms with E-state index in [2.05, 4.69) is 70.2 Å². The van der Waals surface area contributed by atoms with Gasteiger partial charge in [0.1, 0.15) is 0 Å². The van der Waals surface area contributed by atoms with Crippen LogP contribution in [0.5, 0.6) is 0 Å². The third-order valence-corrected chi connectivity index (χ3v) is 3.30. The lowest BCUT2D eigenvalue weighted by atomic mass is 9.89. The van der Waals surface area contributed by atoms with Crippen molar-refractivity contribution in [1.29, 1.82) is 0 Å². The number of aryl methyl sites for hydroxylation is 1. The molecule has 17 heavy (non-hydrogen) atoms. The summed E-state index contributed by atoms with van der Waals surface area (Å²) in [6.07, 6.45) is 0. The number of hydrogen-bond donors (Lipinski definition) is 0. The van der Waals surface area contributed by atoms with E-state index in [0.717, 1.165) is 0 Å². The van der Waals surface area contributed by atoms with Crippen molar-refractivity contribution in [2.75, 3.05) is 0 Å². The smallest absolute Gasteiger partial charge is 0.0149 e. The molecule has 0 radical (unpaired) electrons. The average Bonchev–Trinajstić information content (AvgIpc) is 2.32. The van der Waals surface area contributed by atoms with Crippen molar-refractivity contribution in [3.8, 4) is 11.1 Å². The summed E-state index contributed by atoms with van der Waals surface area (Å²) in [5, 5.41) is 0. The standard InChI is InChI=1S/C17H20/c1-12(2)16-10-13(3)11-17(14(16)4)15-8-6-5-7-9-15/h5-12H,1-4H3. The van der Waals surface area contributed by atoms with Crippen molar-refractivity contribution in [1.82, 2.24) is 0 Å². The molecule has 0 aliphatic rings. The van der Waals surface area contributed by atoms with Crippen LogP contribution in [-0.4, -0.2) is 0 Å². The summed E-state index contributed by atoms with van der Waals surface area (Å²) < 4.78 is 0. The Hall–Kier alpha value is -1.56. The second-order valence-electron chi connectivity index (χ2n) is 5.05. The first-order chi connectivity index (χ1) is 8.09. The van der Waals surface area contributed by atoms with Crippen molar-refractivity contribution >= 4 is 0 Å². The Bertz CT molecular complexity index is 507. The first kappa shape index (κ1) is 11.9. The van der Waals surface area contributed by atoms with E-state index in [1.807, 2.05) is 0 Å². The van der Waals surface area contributed by atoms with E-state index in [0.29, 0.717) is 5.92 Å². The Morgan fingerprint density at radius 3 is 2.12 bits per heavy atom. The van der Waals surface area contributed by atoms with Crippen molar-refractivity contribution < 1.29 is 0 Å². The van der Waals surface area contributed by atoms with Crippen LogP contribution in [0.2, 0.25) is 0 Å². The summed E-state index contributed by atoms with van der Waals surface area (Å²) in [4.78, 5) is 0. The lowest BCUT2D eigenvalue weighted by Crippen LogP contribution is -1.96. The van der Waals surface area contributed by atoms with Gasteiger partial charge >= 0.3 is 0 Å². The topological polar surface area (TPSA) is 0 Å². The molecule has 2 aromatic rings. The Morgan fingerprint density at radius 1 is 0.882 bits per heavy atom. The van der Waals surface area contributed by atoms with Crippen LogP contribution in [0.3, 0.4) is 0 Å². The molecule has 0 aliphatic carbocycles. The first-order valence-electron chi connectivity index (χ1n) is 6.26. The highest BCUT2D eigenvalue weighted by Gasteiger charge is 2.09. The normalized spacial score (nSPS) is 10.9. The van der Waals surface area contributed by atoms with Gasteiger partial charge < -0.3 is 0 Å². The fraction of sp³-hybridized carbons (Fsp3) is 0.294. The number of rotatable bonds is 2.